The van der Waals surface area contributed by atoms with Gasteiger partial charge in [-0.3, -0.25) is 9.59 Å². The lowest BCUT2D eigenvalue weighted by atomic mass is 9.47. The van der Waals surface area contributed by atoms with Crippen molar-refractivity contribution in [3.8, 4) is 0 Å². The van der Waals surface area contributed by atoms with E-state index in [0.717, 1.165) is 49.9 Å². The molecule has 5 aliphatic carbocycles. The Hall–Kier alpha value is -1.84. The van der Waals surface area contributed by atoms with Crippen LogP contribution in [-0.2, 0) is 4.79 Å². The standard InChI is InChI=1S/C25H34N2O2/c28-23(20-7-3-1-4-8-20)27-22(24(29)26-21-9-5-2-6-10-21)25-14-17-11-18(15-25)13-19(12-17)16-25/h1,3-4,7-8,17-19,21-22H,2,5-6,9-16H2,(H,26,29)(H,27,28)/t17?,18?,19?,22-,25?/m0/s1. The van der Waals surface area contributed by atoms with Crippen LogP contribution in [0.5, 0.6) is 0 Å². The molecule has 0 aromatic heterocycles. The Kier molecular flexibility index (Phi) is 5.13. The number of benzene rings is 1. The van der Waals surface area contributed by atoms with Gasteiger partial charge in [0.25, 0.3) is 5.91 Å². The van der Waals surface area contributed by atoms with E-state index >= 15 is 0 Å². The molecule has 156 valence electrons. The maximum atomic E-state index is 13.6. The van der Waals surface area contributed by atoms with E-state index in [1.807, 2.05) is 30.3 Å². The van der Waals surface area contributed by atoms with E-state index in [0.29, 0.717) is 5.56 Å². The summed E-state index contributed by atoms with van der Waals surface area (Å²) >= 11 is 0. The predicted octanol–water partition coefficient (Wildman–Crippen LogP) is 4.45. The largest absolute Gasteiger partial charge is 0.352 e. The van der Waals surface area contributed by atoms with Crippen molar-refractivity contribution in [1.29, 1.82) is 0 Å². The van der Waals surface area contributed by atoms with Crippen LogP contribution < -0.4 is 10.6 Å². The molecular weight excluding hydrogens is 360 g/mol. The summed E-state index contributed by atoms with van der Waals surface area (Å²) in [5.74, 6) is 2.22. The Labute approximate surface area is 174 Å². The van der Waals surface area contributed by atoms with Crippen molar-refractivity contribution in [3.63, 3.8) is 0 Å². The predicted molar refractivity (Wildman–Crippen MR) is 113 cm³/mol. The summed E-state index contributed by atoms with van der Waals surface area (Å²) in [6, 6.07) is 9.25. The minimum Gasteiger partial charge on any atom is -0.352 e. The number of nitrogens with one attached hydrogen (secondary N) is 2. The fraction of sp³-hybridized carbons (Fsp3) is 0.680. The van der Waals surface area contributed by atoms with Gasteiger partial charge in [0.05, 0.1) is 0 Å². The van der Waals surface area contributed by atoms with E-state index in [-0.39, 0.29) is 23.3 Å². The fourth-order valence-electron chi connectivity index (χ4n) is 7.36. The minimum absolute atomic E-state index is 0.0437. The number of hydrogen-bond donors (Lipinski definition) is 2. The number of hydrogen-bond acceptors (Lipinski definition) is 2. The number of rotatable bonds is 5. The molecule has 0 unspecified atom stereocenters. The molecule has 5 aliphatic rings. The molecule has 1 aromatic rings. The lowest BCUT2D eigenvalue weighted by Gasteiger charge is -2.59. The molecule has 2 N–H and O–H groups in total. The first-order valence-electron chi connectivity index (χ1n) is 11.8. The van der Waals surface area contributed by atoms with Crippen LogP contribution in [0.3, 0.4) is 0 Å². The highest BCUT2D eigenvalue weighted by Gasteiger charge is 2.56. The van der Waals surface area contributed by atoms with Crippen molar-refractivity contribution in [2.24, 2.45) is 23.2 Å². The van der Waals surface area contributed by atoms with Gasteiger partial charge in [-0.25, -0.2) is 0 Å². The first kappa shape index (κ1) is 19.1. The highest BCUT2D eigenvalue weighted by molar-refractivity contribution is 5.97. The lowest BCUT2D eigenvalue weighted by molar-refractivity contribution is -0.135. The van der Waals surface area contributed by atoms with Crippen molar-refractivity contribution >= 4 is 11.8 Å². The molecule has 4 nitrogen and oxygen atoms in total. The smallest absolute Gasteiger partial charge is 0.251 e. The van der Waals surface area contributed by atoms with E-state index in [1.54, 1.807) is 0 Å². The topological polar surface area (TPSA) is 58.2 Å². The van der Waals surface area contributed by atoms with Gasteiger partial charge in [-0.2, -0.15) is 0 Å². The normalized spacial score (nSPS) is 34.6. The Balaban J connectivity index is 1.39. The Morgan fingerprint density at radius 3 is 2.03 bits per heavy atom. The highest BCUT2D eigenvalue weighted by Crippen LogP contribution is 2.61. The summed E-state index contributed by atoms with van der Waals surface area (Å²) in [5.41, 5.74) is 0.602. The van der Waals surface area contributed by atoms with Gasteiger partial charge >= 0.3 is 0 Å². The summed E-state index contributed by atoms with van der Waals surface area (Å²) < 4.78 is 0. The summed E-state index contributed by atoms with van der Waals surface area (Å²) in [7, 11) is 0. The zero-order chi connectivity index (χ0) is 19.8. The maximum Gasteiger partial charge on any atom is 0.251 e. The van der Waals surface area contributed by atoms with Crippen molar-refractivity contribution in [2.45, 2.75) is 82.7 Å². The van der Waals surface area contributed by atoms with Gasteiger partial charge in [0.15, 0.2) is 0 Å². The van der Waals surface area contributed by atoms with Crippen molar-refractivity contribution in [3.05, 3.63) is 35.9 Å². The molecule has 1 atom stereocenters. The third-order valence-corrected chi connectivity index (χ3v) is 8.22. The zero-order valence-electron chi connectivity index (χ0n) is 17.4. The Morgan fingerprint density at radius 2 is 1.45 bits per heavy atom. The van der Waals surface area contributed by atoms with E-state index in [4.69, 9.17) is 0 Å². The quantitative estimate of drug-likeness (QED) is 0.775. The molecule has 0 spiro atoms. The van der Waals surface area contributed by atoms with Gasteiger partial charge in [0.1, 0.15) is 6.04 Å². The van der Waals surface area contributed by atoms with Crippen LogP contribution in [0.25, 0.3) is 0 Å². The zero-order valence-corrected chi connectivity index (χ0v) is 17.4. The van der Waals surface area contributed by atoms with Gasteiger partial charge in [-0.1, -0.05) is 37.5 Å². The molecule has 4 bridgehead atoms. The molecule has 29 heavy (non-hydrogen) atoms. The molecular formula is C25H34N2O2. The fourth-order valence-corrected chi connectivity index (χ4v) is 7.36. The molecule has 5 fully saturated rings. The van der Waals surface area contributed by atoms with Crippen LogP contribution in [0.1, 0.15) is 81.0 Å². The first-order valence-corrected chi connectivity index (χ1v) is 11.8. The van der Waals surface area contributed by atoms with Gasteiger partial charge in [0.2, 0.25) is 5.91 Å². The van der Waals surface area contributed by atoms with E-state index in [9.17, 15) is 9.59 Å². The third-order valence-electron chi connectivity index (χ3n) is 8.22. The maximum absolute atomic E-state index is 13.6. The van der Waals surface area contributed by atoms with Crippen LogP contribution in [0.4, 0.5) is 0 Å². The van der Waals surface area contributed by atoms with Crippen LogP contribution >= 0.6 is 0 Å². The monoisotopic (exact) mass is 394 g/mol. The van der Waals surface area contributed by atoms with Gasteiger partial charge in [-0.15, -0.1) is 0 Å². The third kappa shape index (κ3) is 3.83. The molecule has 0 aliphatic heterocycles. The van der Waals surface area contributed by atoms with E-state index in [1.165, 1.54) is 38.5 Å². The van der Waals surface area contributed by atoms with Crippen LogP contribution in [-0.4, -0.2) is 23.9 Å². The van der Waals surface area contributed by atoms with Crippen molar-refractivity contribution < 1.29 is 9.59 Å². The molecule has 4 heteroatoms. The second-order valence-corrected chi connectivity index (χ2v) is 10.4. The number of carbonyl (C=O) groups excluding carboxylic acids is 2. The molecule has 0 heterocycles. The highest BCUT2D eigenvalue weighted by atomic mass is 16.2. The van der Waals surface area contributed by atoms with Gasteiger partial charge in [-0.05, 0) is 81.3 Å². The van der Waals surface area contributed by atoms with E-state index in [2.05, 4.69) is 10.6 Å². The summed E-state index contributed by atoms with van der Waals surface area (Å²) in [5, 5.41) is 6.58. The number of carbonyl (C=O) groups is 2. The van der Waals surface area contributed by atoms with Crippen molar-refractivity contribution in [2.75, 3.05) is 0 Å². The SMILES string of the molecule is O=C(N[C@@H](C(=O)NC1CCCCC1)C12CC3CC(CC(C3)C1)C2)c1ccccc1. The average molecular weight is 395 g/mol. The molecule has 5 saturated carbocycles. The Morgan fingerprint density at radius 1 is 0.862 bits per heavy atom. The summed E-state index contributed by atoms with van der Waals surface area (Å²) in [6.45, 7) is 0. The van der Waals surface area contributed by atoms with Gasteiger partial charge in [0, 0.05) is 17.0 Å². The minimum atomic E-state index is -0.398. The van der Waals surface area contributed by atoms with Gasteiger partial charge < -0.3 is 10.6 Å². The molecule has 2 amide bonds. The van der Waals surface area contributed by atoms with Crippen LogP contribution in [0.2, 0.25) is 0 Å². The first-order chi connectivity index (χ1) is 14.1. The molecule has 0 saturated heterocycles. The second kappa shape index (κ2) is 7.77. The summed E-state index contributed by atoms with van der Waals surface area (Å²) in [6.07, 6.45) is 13.2. The number of amides is 2. The van der Waals surface area contributed by atoms with Crippen LogP contribution in [0.15, 0.2) is 30.3 Å². The van der Waals surface area contributed by atoms with Crippen LogP contribution in [0, 0.1) is 23.2 Å². The molecule has 1 aromatic carbocycles. The lowest BCUT2D eigenvalue weighted by Crippen LogP contribution is -2.63. The summed E-state index contributed by atoms with van der Waals surface area (Å²) in [4.78, 5) is 26.6. The Bertz CT molecular complexity index is 718. The second-order valence-electron chi connectivity index (χ2n) is 10.4. The van der Waals surface area contributed by atoms with Crippen molar-refractivity contribution in [1.82, 2.24) is 10.6 Å². The average Bonchev–Trinajstić information content (AvgIpc) is 2.72. The molecule has 0 radical (unpaired) electrons. The molecule has 6 rings (SSSR count). The van der Waals surface area contributed by atoms with E-state index < -0.39 is 6.04 Å².